The summed E-state index contributed by atoms with van der Waals surface area (Å²) >= 11 is 0. The molecule has 178 valence electrons. The molecule has 0 radical (unpaired) electrons. The third kappa shape index (κ3) is 4.51. The highest BCUT2D eigenvalue weighted by Gasteiger charge is 2.45. The van der Waals surface area contributed by atoms with Crippen LogP contribution in [0.15, 0.2) is 54.6 Å². The van der Waals surface area contributed by atoms with E-state index < -0.39 is 29.5 Å². The van der Waals surface area contributed by atoms with Crippen LogP contribution in [0, 0.1) is 5.82 Å². The number of anilines is 1. The number of amides is 2. The van der Waals surface area contributed by atoms with Crippen LogP contribution in [0.4, 0.5) is 15.0 Å². The molecule has 0 fully saturated rings. The summed E-state index contributed by atoms with van der Waals surface area (Å²) in [7, 11) is 3.84. The number of halogens is 1. The van der Waals surface area contributed by atoms with E-state index in [9.17, 15) is 14.0 Å². The summed E-state index contributed by atoms with van der Waals surface area (Å²) in [5.74, 6) is -0.966. The number of likely N-dealkylation sites (N-methyl/N-ethyl adjacent to an activating group) is 1. The summed E-state index contributed by atoms with van der Waals surface area (Å²) in [4.78, 5) is 29.5. The maximum atomic E-state index is 14.0. The van der Waals surface area contributed by atoms with Gasteiger partial charge in [-0.25, -0.2) is 9.18 Å². The van der Waals surface area contributed by atoms with Crippen molar-refractivity contribution in [3.8, 4) is 0 Å². The van der Waals surface area contributed by atoms with Crippen LogP contribution < -0.4 is 5.32 Å². The largest absolute Gasteiger partial charge is 0.440 e. The molecular weight excluding hydrogens is 437 g/mol. The van der Waals surface area contributed by atoms with Crippen molar-refractivity contribution in [3.05, 3.63) is 82.8 Å². The Morgan fingerprint density at radius 2 is 1.85 bits per heavy atom. The monoisotopic (exact) mass is 465 g/mol. The Bertz CT molecular complexity index is 1190. The van der Waals surface area contributed by atoms with Gasteiger partial charge >= 0.3 is 6.09 Å². The van der Waals surface area contributed by atoms with E-state index in [-0.39, 0.29) is 17.9 Å². The topological polar surface area (TPSA) is 90.6 Å². The zero-order chi connectivity index (χ0) is 24.5. The molecule has 1 aromatic heterocycles. The van der Waals surface area contributed by atoms with Crippen molar-refractivity contribution < 1.29 is 18.7 Å². The second-order valence-corrected chi connectivity index (χ2v) is 9.05. The zero-order valence-electron chi connectivity index (χ0n) is 19.6. The molecule has 0 unspecified atom stereocenters. The molecule has 2 N–H and O–H groups in total. The first-order valence-corrected chi connectivity index (χ1v) is 11.0. The fourth-order valence-corrected chi connectivity index (χ4v) is 4.13. The average molecular weight is 466 g/mol. The summed E-state index contributed by atoms with van der Waals surface area (Å²) in [6.07, 6.45) is -0.923. The number of aromatic amines is 1. The van der Waals surface area contributed by atoms with Gasteiger partial charge in [0.25, 0.3) is 5.91 Å². The highest BCUT2D eigenvalue weighted by Crippen LogP contribution is 2.41. The van der Waals surface area contributed by atoms with Crippen molar-refractivity contribution in [2.24, 2.45) is 0 Å². The van der Waals surface area contributed by atoms with Crippen LogP contribution in [0.2, 0.25) is 0 Å². The van der Waals surface area contributed by atoms with E-state index in [0.717, 1.165) is 5.56 Å². The number of rotatable bonds is 6. The Labute approximate surface area is 197 Å². The number of hydrogen-bond acceptors (Lipinski definition) is 5. The molecular formula is C25H28FN5O3. The fourth-order valence-electron chi connectivity index (χ4n) is 4.13. The van der Waals surface area contributed by atoms with Crippen molar-refractivity contribution >= 4 is 17.8 Å². The number of ether oxygens (including phenoxy) is 1. The number of carbonyl (C=O) groups is 2. The number of H-pyrrole nitrogens is 1. The molecule has 9 heteroatoms. The normalized spacial score (nSPS) is 15.2. The summed E-state index contributed by atoms with van der Waals surface area (Å²) in [6.45, 7) is 4.48. The molecule has 2 heterocycles. The summed E-state index contributed by atoms with van der Waals surface area (Å²) in [6, 6.07) is 15.3. The van der Waals surface area contributed by atoms with Gasteiger partial charge in [0.15, 0.2) is 5.82 Å². The van der Waals surface area contributed by atoms with Crippen LogP contribution in [0.5, 0.6) is 0 Å². The molecule has 0 saturated heterocycles. The molecule has 1 aliphatic rings. The van der Waals surface area contributed by atoms with Crippen LogP contribution >= 0.6 is 0 Å². The van der Waals surface area contributed by atoms with Crippen molar-refractivity contribution in [2.45, 2.75) is 32.0 Å². The summed E-state index contributed by atoms with van der Waals surface area (Å²) in [5, 5.41) is 9.80. The lowest BCUT2D eigenvalue weighted by molar-refractivity contribution is 0.0259. The van der Waals surface area contributed by atoms with Crippen LogP contribution in [0.1, 0.15) is 47.1 Å². The molecule has 34 heavy (non-hydrogen) atoms. The second kappa shape index (κ2) is 9.26. The molecule has 8 nitrogen and oxygen atoms in total. The van der Waals surface area contributed by atoms with Gasteiger partial charge in [-0.3, -0.25) is 14.8 Å². The van der Waals surface area contributed by atoms with Crippen molar-refractivity contribution in [1.82, 2.24) is 20.0 Å². The van der Waals surface area contributed by atoms with Gasteiger partial charge in [0.2, 0.25) is 0 Å². The second-order valence-electron chi connectivity index (χ2n) is 9.05. The highest BCUT2D eigenvalue weighted by molar-refractivity contribution is 6.04. The Kier molecular flexibility index (Phi) is 6.39. The van der Waals surface area contributed by atoms with Gasteiger partial charge in [-0.05, 0) is 45.6 Å². The third-order valence-corrected chi connectivity index (χ3v) is 5.99. The number of fused-ring (bicyclic) bond motifs is 1. The Hall–Kier alpha value is -3.72. The lowest BCUT2D eigenvalue weighted by Gasteiger charge is -2.33. The quantitative estimate of drug-likeness (QED) is 0.567. The van der Waals surface area contributed by atoms with E-state index in [1.54, 1.807) is 11.0 Å². The lowest BCUT2D eigenvalue weighted by atomic mass is 10.0. The molecule has 0 saturated carbocycles. The van der Waals surface area contributed by atoms with Gasteiger partial charge in [-0.15, -0.1) is 0 Å². The first-order valence-electron chi connectivity index (χ1n) is 11.0. The number of carbonyl (C=O) groups excluding carboxylic acids is 2. The van der Waals surface area contributed by atoms with E-state index in [1.807, 2.05) is 63.2 Å². The molecule has 3 aromatic rings. The molecule has 0 aliphatic carbocycles. The number of benzene rings is 2. The fraction of sp³-hybridized carbons (Fsp3) is 0.320. The number of nitrogens with one attached hydrogen (secondary N) is 2. The SMILES string of the molecule is CN(C)C[C@@H](OC(=O)N1Cc2c(NC(=O)c3ccccc3F)n[nH]c2C1(C)C)c1ccccc1. The van der Waals surface area contributed by atoms with Crippen molar-refractivity contribution in [3.63, 3.8) is 0 Å². The molecule has 0 spiro atoms. The number of aromatic nitrogens is 2. The minimum Gasteiger partial charge on any atom is -0.440 e. The first-order chi connectivity index (χ1) is 16.2. The van der Waals surface area contributed by atoms with Crippen molar-refractivity contribution in [2.75, 3.05) is 26.0 Å². The lowest BCUT2D eigenvalue weighted by Crippen LogP contribution is -2.42. The van der Waals surface area contributed by atoms with Gasteiger partial charge < -0.3 is 15.0 Å². The standard InChI is InChI=1S/C25H28FN5O3/c1-25(2)21-18(22(29-28-21)27-23(32)17-12-8-9-13-19(17)26)14-31(25)24(33)34-20(15-30(3)4)16-10-6-5-7-11-16/h5-13,20H,14-15H2,1-4H3,(H2,27,28,29,32)/t20-/m1/s1. The predicted octanol–water partition coefficient (Wildman–Crippen LogP) is 4.29. The van der Waals surface area contributed by atoms with Crippen LogP contribution in [-0.2, 0) is 16.8 Å². The Morgan fingerprint density at radius 3 is 2.53 bits per heavy atom. The van der Waals surface area contributed by atoms with Crippen LogP contribution in [-0.4, -0.2) is 52.6 Å². The van der Waals surface area contributed by atoms with Gasteiger partial charge in [0, 0.05) is 12.1 Å². The smallest absolute Gasteiger partial charge is 0.411 e. The van der Waals surface area contributed by atoms with Gasteiger partial charge in [-0.2, -0.15) is 5.10 Å². The molecule has 1 atom stereocenters. The molecule has 2 amide bonds. The minimum atomic E-state index is -0.750. The van der Waals surface area contributed by atoms with Gasteiger partial charge in [-0.1, -0.05) is 42.5 Å². The summed E-state index contributed by atoms with van der Waals surface area (Å²) < 4.78 is 20.0. The first kappa shape index (κ1) is 23.4. The highest BCUT2D eigenvalue weighted by atomic mass is 19.1. The van der Waals surface area contributed by atoms with E-state index >= 15 is 0 Å². The Morgan fingerprint density at radius 1 is 1.18 bits per heavy atom. The molecule has 1 aliphatic heterocycles. The van der Waals surface area contributed by atoms with Gasteiger partial charge in [0.1, 0.15) is 11.9 Å². The molecule has 0 bridgehead atoms. The maximum Gasteiger partial charge on any atom is 0.411 e. The van der Waals surface area contributed by atoms with Crippen LogP contribution in [0.3, 0.4) is 0 Å². The molecule has 2 aromatic carbocycles. The van der Waals surface area contributed by atoms with E-state index in [4.69, 9.17) is 4.74 Å². The number of nitrogens with zero attached hydrogens (tertiary/aromatic N) is 3. The minimum absolute atomic E-state index is 0.0813. The zero-order valence-corrected chi connectivity index (χ0v) is 19.6. The van der Waals surface area contributed by atoms with E-state index in [0.29, 0.717) is 17.8 Å². The van der Waals surface area contributed by atoms with E-state index in [1.165, 1.54) is 18.2 Å². The summed E-state index contributed by atoms with van der Waals surface area (Å²) in [5.41, 5.74) is 1.43. The van der Waals surface area contributed by atoms with Crippen LogP contribution in [0.25, 0.3) is 0 Å². The van der Waals surface area contributed by atoms with Gasteiger partial charge in [0.05, 0.1) is 23.3 Å². The van der Waals surface area contributed by atoms with Crippen molar-refractivity contribution in [1.29, 1.82) is 0 Å². The third-order valence-electron chi connectivity index (χ3n) is 5.99. The molecule has 4 rings (SSSR count). The Balaban J connectivity index is 1.53. The maximum absolute atomic E-state index is 14.0. The average Bonchev–Trinajstić information content (AvgIpc) is 3.31. The number of hydrogen-bond donors (Lipinski definition) is 2. The van der Waals surface area contributed by atoms with E-state index in [2.05, 4.69) is 15.5 Å². The predicted molar refractivity (Wildman–Crippen MR) is 126 cm³/mol.